The van der Waals surface area contributed by atoms with Gasteiger partial charge in [-0.2, -0.15) is 0 Å². The predicted molar refractivity (Wildman–Crippen MR) is 136 cm³/mol. The maximum absolute atomic E-state index is 13.6. The first kappa shape index (κ1) is 24.3. The Balaban J connectivity index is 1.92. The third kappa shape index (κ3) is 4.59. The molecule has 2 aromatic carbocycles. The normalized spacial score (nSPS) is 15.5. The zero-order valence-corrected chi connectivity index (χ0v) is 21.0. The van der Waals surface area contributed by atoms with Crippen molar-refractivity contribution >= 4 is 29.1 Å². The Hall–Kier alpha value is -3.85. The molecule has 9 heteroatoms. The SMILES string of the molecule is CCOC(=O)C1=C(C)N=c2sc(=Cc3ccc(O)c(OC)c3)c(=O)n2C1c1ccc(N(C)C)cc1. The lowest BCUT2D eigenvalue weighted by atomic mass is 9.95. The van der Waals surface area contributed by atoms with E-state index in [0.717, 1.165) is 11.3 Å². The number of ether oxygens (including phenoxy) is 2. The Kier molecular flexibility index (Phi) is 6.79. The number of hydrogen-bond acceptors (Lipinski definition) is 8. The van der Waals surface area contributed by atoms with Gasteiger partial charge in [0.1, 0.15) is 0 Å². The number of aromatic nitrogens is 1. The van der Waals surface area contributed by atoms with Gasteiger partial charge in [-0.25, -0.2) is 9.79 Å². The van der Waals surface area contributed by atoms with Gasteiger partial charge in [0, 0.05) is 19.8 Å². The predicted octanol–water partition coefficient (Wildman–Crippen LogP) is 2.58. The number of hydrogen-bond donors (Lipinski definition) is 1. The van der Waals surface area contributed by atoms with Gasteiger partial charge >= 0.3 is 5.97 Å². The Morgan fingerprint density at radius 2 is 1.94 bits per heavy atom. The number of aromatic hydroxyl groups is 1. The van der Waals surface area contributed by atoms with E-state index in [1.165, 1.54) is 24.5 Å². The lowest BCUT2D eigenvalue weighted by Gasteiger charge is -2.25. The van der Waals surface area contributed by atoms with Crippen LogP contribution < -0.4 is 24.5 Å². The molecule has 0 saturated heterocycles. The highest BCUT2D eigenvalue weighted by Crippen LogP contribution is 2.32. The molecule has 0 bridgehead atoms. The average Bonchev–Trinajstić information content (AvgIpc) is 3.13. The number of fused-ring (bicyclic) bond motifs is 1. The van der Waals surface area contributed by atoms with Crippen LogP contribution in [0.25, 0.3) is 6.08 Å². The molecule has 0 amide bonds. The van der Waals surface area contributed by atoms with E-state index in [9.17, 15) is 14.7 Å². The van der Waals surface area contributed by atoms with Crippen LogP contribution in [0.5, 0.6) is 11.5 Å². The van der Waals surface area contributed by atoms with Crippen molar-refractivity contribution in [2.45, 2.75) is 19.9 Å². The van der Waals surface area contributed by atoms with E-state index >= 15 is 0 Å². The lowest BCUT2D eigenvalue weighted by Crippen LogP contribution is -2.39. The first-order chi connectivity index (χ1) is 16.7. The molecule has 0 fully saturated rings. The Bertz CT molecular complexity index is 1480. The minimum atomic E-state index is -0.669. The fourth-order valence-corrected chi connectivity index (χ4v) is 5.04. The summed E-state index contributed by atoms with van der Waals surface area (Å²) in [6.07, 6.45) is 1.72. The van der Waals surface area contributed by atoms with Crippen molar-refractivity contribution in [3.05, 3.63) is 84.5 Å². The molecule has 1 atom stereocenters. The number of methoxy groups -OCH3 is 1. The van der Waals surface area contributed by atoms with Crippen LogP contribution in [0.1, 0.15) is 31.0 Å². The van der Waals surface area contributed by atoms with Crippen molar-refractivity contribution in [3.8, 4) is 11.5 Å². The first-order valence-corrected chi connectivity index (χ1v) is 11.9. The molecule has 0 saturated carbocycles. The molecule has 1 N–H and O–H groups in total. The molecule has 0 radical (unpaired) electrons. The van der Waals surface area contributed by atoms with Crippen molar-refractivity contribution in [1.82, 2.24) is 4.57 Å². The van der Waals surface area contributed by atoms with E-state index < -0.39 is 12.0 Å². The number of benzene rings is 2. The van der Waals surface area contributed by atoms with E-state index in [1.54, 1.807) is 36.6 Å². The Morgan fingerprint density at radius 1 is 1.23 bits per heavy atom. The van der Waals surface area contributed by atoms with E-state index in [0.29, 0.717) is 31.9 Å². The second-order valence-corrected chi connectivity index (χ2v) is 9.23. The summed E-state index contributed by atoms with van der Waals surface area (Å²) in [5.41, 5.74) is 3.07. The molecule has 1 unspecified atom stereocenters. The number of thiazole rings is 1. The zero-order chi connectivity index (χ0) is 25.3. The van der Waals surface area contributed by atoms with Gasteiger partial charge in [-0.15, -0.1) is 0 Å². The third-order valence-electron chi connectivity index (χ3n) is 5.74. The summed E-state index contributed by atoms with van der Waals surface area (Å²) in [7, 11) is 5.36. The molecule has 3 aromatic rings. The van der Waals surface area contributed by atoms with Crippen LogP contribution in [0.15, 0.2) is 63.5 Å². The van der Waals surface area contributed by atoms with Gasteiger partial charge in [0.05, 0.1) is 35.6 Å². The smallest absolute Gasteiger partial charge is 0.338 e. The molecular formula is C26H27N3O5S. The molecule has 1 aliphatic rings. The number of anilines is 1. The Labute approximate surface area is 206 Å². The topological polar surface area (TPSA) is 93.4 Å². The van der Waals surface area contributed by atoms with E-state index in [-0.39, 0.29) is 17.9 Å². The summed E-state index contributed by atoms with van der Waals surface area (Å²) in [5, 5.41) is 9.89. The summed E-state index contributed by atoms with van der Waals surface area (Å²) in [5.74, 6) is -0.166. The number of esters is 1. The third-order valence-corrected chi connectivity index (χ3v) is 6.73. The minimum absolute atomic E-state index is 0.0157. The largest absolute Gasteiger partial charge is 0.504 e. The van der Waals surface area contributed by atoms with E-state index in [2.05, 4.69) is 4.99 Å². The summed E-state index contributed by atoms with van der Waals surface area (Å²) in [4.78, 5) is 33.7. The van der Waals surface area contributed by atoms with Crippen molar-refractivity contribution in [2.24, 2.45) is 4.99 Å². The number of phenols is 1. The number of carbonyl (C=O) groups is 1. The molecule has 8 nitrogen and oxygen atoms in total. The number of carbonyl (C=O) groups excluding carboxylic acids is 1. The molecule has 2 heterocycles. The monoisotopic (exact) mass is 493 g/mol. The van der Waals surface area contributed by atoms with Gasteiger partial charge in [0.25, 0.3) is 5.56 Å². The van der Waals surface area contributed by atoms with Gasteiger partial charge in [-0.05, 0) is 55.3 Å². The van der Waals surface area contributed by atoms with Crippen LogP contribution in [-0.4, -0.2) is 43.5 Å². The second-order valence-electron chi connectivity index (χ2n) is 8.22. The van der Waals surface area contributed by atoms with Gasteiger partial charge < -0.3 is 19.5 Å². The average molecular weight is 494 g/mol. The van der Waals surface area contributed by atoms with E-state index in [1.807, 2.05) is 43.3 Å². The summed E-state index contributed by atoms with van der Waals surface area (Å²) < 4.78 is 12.5. The van der Waals surface area contributed by atoms with E-state index in [4.69, 9.17) is 9.47 Å². The number of rotatable bonds is 6. The summed E-state index contributed by atoms with van der Waals surface area (Å²) in [6.45, 7) is 3.72. The quantitative estimate of drug-likeness (QED) is 0.531. The highest BCUT2D eigenvalue weighted by molar-refractivity contribution is 7.07. The molecule has 0 spiro atoms. The van der Waals surface area contributed by atoms with Gasteiger partial charge in [-0.3, -0.25) is 9.36 Å². The van der Waals surface area contributed by atoms with Crippen LogP contribution in [0.3, 0.4) is 0 Å². The maximum atomic E-state index is 13.6. The highest BCUT2D eigenvalue weighted by atomic mass is 32.1. The molecule has 4 rings (SSSR count). The van der Waals surface area contributed by atoms with Gasteiger partial charge in [-0.1, -0.05) is 29.5 Å². The summed E-state index contributed by atoms with van der Waals surface area (Å²) >= 11 is 1.24. The van der Waals surface area contributed by atoms with Crippen molar-refractivity contribution in [2.75, 3.05) is 32.7 Å². The van der Waals surface area contributed by atoms with Gasteiger partial charge in [0.15, 0.2) is 16.3 Å². The fraction of sp³-hybridized carbons (Fsp3) is 0.269. The minimum Gasteiger partial charge on any atom is -0.504 e. The lowest BCUT2D eigenvalue weighted by molar-refractivity contribution is -0.139. The Morgan fingerprint density at radius 3 is 2.57 bits per heavy atom. The van der Waals surface area contributed by atoms with Crippen molar-refractivity contribution in [1.29, 1.82) is 0 Å². The first-order valence-electron chi connectivity index (χ1n) is 11.1. The van der Waals surface area contributed by atoms with Crippen LogP contribution in [0, 0.1) is 0 Å². The van der Waals surface area contributed by atoms with Crippen LogP contribution in [0.2, 0.25) is 0 Å². The molecule has 1 aliphatic heterocycles. The van der Waals surface area contributed by atoms with Crippen LogP contribution in [-0.2, 0) is 9.53 Å². The van der Waals surface area contributed by atoms with Crippen LogP contribution in [0.4, 0.5) is 5.69 Å². The molecular weight excluding hydrogens is 466 g/mol. The number of nitrogens with zero attached hydrogens (tertiary/aromatic N) is 3. The standard InChI is InChI=1S/C26H27N3O5S/c1-6-34-25(32)22-15(2)27-26-29(23(22)17-8-10-18(11-9-17)28(3)4)24(31)21(35-26)14-16-7-12-19(30)20(13-16)33-5/h7-14,23,30H,6H2,1-5H3. The second kappa shape index (κ2) is 9.79. The van der Waals surface area contributed by atoms with Crippen molar-refractivity contribution < 1.29 is 19.4 Å². The zero-order valence-electron chi connectivity index (χ0n) is 20.2. The number of phenolic OH excluding ortho intramolecular Hbond substituents is 1. The summed E-state index contributed by atoms with van der Waals surface area (Å²) in [6, 6.07) is 11.9. The number of allylic oxidation sites excluding steroid dienone is 1. The highest BCUT2D eigenvalue weighted by Gasteiger charge is 2.33. The van der Waals surface area contributed by atoms with Crippen molar-refractivity contribution in [3.63, 3.8) is 0 Å². The van der Waals surface area contributed by atoms with Gasteiger partial charge in [0.2, 0.25) is 0 Å². The molecule has 182 valence electrons. The fourth-order valence-electron chi connectivity index (χ4n) is 4.00. The molecule has 35 heavy (non-hydrogen) atoms. The molecule has 1 aromatic heterocycles. The van der Waals surface area contributed by atoms with Crippen LogP contribution >= 0.6 is 11.3 Å². The molecule has 0 aliphatic carbocycles. The maximum Gasteiger partial charge on any atom is 0.338 e.